The molecule has 0 N–H and O–H groups in total. The van der Waals surface area contributed by atoms with Crippen molar-refractivity contribution in [1.82, 2.24) is 9.21 Å². The molecule has 1 heterocycles. The zero-order valence-corrected chi connectivity index (χ0v) is 16.8. The largest absolute Gasteiger partial charge is 0.314 e. The van der Waals surface area contributed by atoms with Crippen LogP contribution in [-0.2, 0) is 14.8 Å². The van der Waals surface area contributed by atoms with Gasteiger partial charge in [-0.25, -0.2) is 8.42 Å². The number of piperazine rings is 1. The third-order valence-electron chi connectivity index (χ3n) is 4.80. The SMILES string of the molecule is CN(C(=O)CN1CCN(S(=O)(=O)/C=C\c2ccccc2)CC1)c1ccccc1. The fourth-order valence-corrected chi connectivity index (χ4v) is 4.22. The number of nitrogens with zero attached hydrogens (tertiary/aromatic N) is 3. The van der Waals surface area contributed by atoms with Gasteiger partial charge in [0.25, 0.3) is 0 Å². The average molecular weight is 400 g/mol. The summed E-state index contributed by atoms with van der Waals surface area (Å²) in [6.45, 7) is 2.10. The van der Waals surface area contributed by atoms with Gasteiger partial charge in [-0.2, -0.15) is 4.31 Å². The fourth-order valence-electron chi connectivity index (χ4n) is 3.05. The molecule has 148 valence electrons. The Morgan fingerprint density at radius 3 is 2.14 bits per heavy atom. The first-order valence-corrected chi connectivity index (χ1v) is 10.7. The van der Waals surface area contributed by atoms with Crippen molar-refractivity contribution in [1.29, 1.82) is 0 Å². The summed E-state index contributed by atoms with van der Waals surface area (Å²) in [7, 11) is -1.71. The molecule has 0 unspecified atom stereocenters. The molecule has 0 radical (unpaired) electrons. The Bertz CT molecular complexity index is 906. The summed E-state index contributed by atoms with van der Waals surface area (Å²) in [6.07, 6.45) is 1.61. The second kappa shape index (κ2) is 9.14. The fraction of sp³-hybridized carbons (Fsp3) is 0.286. The summed E-state index contributed by atoms with van der Waals surface area (Å²) in [5.41, 5.74) is 1.69. The van der Waals surface area contributed by atoms with E-state index in [1.54, 1.807) is 18.0 Å². The van der Waals surface area contributed by atoms with Crippen LogP contribution in [0.2, 0.25) is 0 Å². The standard InChI is InChI=1S/C21H25N3O3S/c1-22(20-10-6-3-7-11-20)21(25)18-23-13-15-24(16-14-23)28(26,27)17-12-19-8-4-2-5-9-19/h2-12,17H,13-16,18H2,1H3/b17-12-. The Morgan fingerprint density at radius 1 is 0.964 bits per heavy atom. The number of carbonyl (C=O) groups excluding carboxylic acids is 1. The van der Waals surface area contributed by atoms with Gasteiger partial charge < -0.3 is 4.90 Å². The molecule has 1 amide bonds. The number of benzene rings is 2. The van der Waals surface area contributed by atoms with Crippen molar-refractivity contribution >= 4 is 27.7 Å². The van der Waals surface area contributed by atoms with Gasteiger partial charge in [0.1, 0.15) is 0 Å². The first kappa shape index (κ1) is 20.3. The van der Waals surface area contributed by atoms with Crippen LogP contribution in [0.3, 0.4) is 0 Å². The van der Waals surface area contributed by atoms with Crippen molar-refractivity contribution in [2.75, 3.05) is 44.7 Å². The molecular weight excluding hydrogens is 374 g/mol. The van der Waals surface area contributed by atoms with Crippen molar-refractivity contribution in [3.8, 4) is 0 Å². The van der Waals surface area contributed by atoms with E-state index >= 15 is 0 Å². The highest BCUT2D eigenvalue weighted by atomic mass is 32.2. The molecule has 0 aromatic heterocycles. The molecule has 28 heavy (non-hydrogen) atoms. The third-order valence-corrected chi connectivity index (χ3v) is 6.36. The van der Waals surface area contributed by atoms with Crippen LogP contribution in [0.1, 0.15) is 5.56 Å². The molecule has 2 aromatic carbocycles. The van der Waals surface area contributed by atoms with Gasteiger partial charge in [-0.05, 0) is 23.8 Å². The average Bonchev–Trinajstić information content (AvgIpc) is 2.73. The number of anilines is 1. The summed E-state index contributed by atoms with van der Waals surface area (Å²) in [4.78, 5) is 16.1. The number of carbonyl (C=O) groups is 1. The molecule has 0 atom stereocenters. The van der Waals surface area contributed by atoms with Crippen molar-refractivity contribution in [3.63, 3.8) is 0 Å². The van der Waals surface area contributed by atoms with E-state index in [4.69, 9.17) is 0 Å². The van der Waals surface area contributed by atoms with Crippen LogP contribution < -0.4 is 4.90 Å². The van der Waals surface area contributed by atoms with E-state index in [2.05, 4.69) is 0 Å². The maximum Gasteiger partial charge on any atom is 0.240 e. The topological polar surface area (TPSA) is 60.9 Å². The quantitative estimate of drug-likeness (QED) is 0.748. The number of sulfonamides is 1. The molecular formula is C21H25N3O3S. The lowest BCUT2D eigenvalue weighted by molar-refractivity contribution is -0.119. The van der Waals surface area contributed by atoms with Crippen LogP contribution in [0, 0.1) is 0 Å². The van der Waals surface area contributed by atoms with Crippen molar-refractivity contribution in [2.45, 2.75) is 0 Å². The monoisotopic (exact) mass is 399 g/mol. The summed E-state index contributed by atoms with van der Waals surface area (Å²) >= 11 is 0. The summed E-state index contributed by atoms with van der Waals surface area (Å²) in [6, 6.07) is 18.8. The predicted octanol–water partition coefficient (Wildman–Crippen LogP) is 2.27. The number of para-hydroxylation sites is 1. The smallest absolute Gasteiger partial charge is 0.240 e. The van der Waals surface area contributed by atoms with Crippen LogP contribution in [0.4, 0.5) is 5.69 Å². The van der Waals surface area contributed by atoms with Gasteiger partial charge in [-0.3, -0.25) is 9.69 Å². The van der Waals surface area contributed by atoms with Gasteiger partial charge in [-0.15, -0.1) is 0 Å². The zero-order valence-electron chi connectivity index (χ0n) is 15.9. The molecule has 2 aromatic rings. The van der Waals surface area contributed by atoms with E-state index in [1.165, 1.54) is 9.71 Å². The molecule has 0 aliphatic carbocycles. The van der Waals surface area contributed by atoms with Crippen molar-refractivity contribution < 1.29 is 13.2 Å². The van der Waals surface area contributed by atoms with Gasteiger partial charge in [0.2, 0.25) is 15.9 Å². The lowest BCUT2D eigenvalue weighted by Gasteiger charge is -2.33. The number of rotatable bonds is 6. The van der Waals surface area contributed by atoms with Crippen LogP contribution >= 0.6 is 0 Å². The number of amides is 1. The molecule has 1 aliphatic heterocycles. The maximum absolute atomic E-state index is 12.5. The molecule has 6 nitrogen and oxygen atoms in total. The minimum Gasteiger partial charge on any atom is -0.314 e. The second-order valence-corrected chi connectivity index (χ2v) is 8.54. The highest BCUT2D eigenvalue weighted by Gasteiger charge is 2.26. The van der Waals surface area contributed by atoms with Crippen molar-refractivity contribution in [2.24, 2.45) is 0 Å². The third kappa shape index (κ3) is 5.28. The van der Waals surface area contributed by atoms with Crippen LogP contribution in [0.5, 0.6) is 0 Å². The number of hydrogen-bond donors (Lipinski definition) is 0. The molecule has 7 heteroatoms. The van der Waals surface area contributed by atoms with E-state index in [0.29, 0.717) is 26.2 Å². The van der Waals surface area contributed by atoms with Gasteiger partial charge in [-0.1, -0.05) is 48.5 Å². The van der Waals surface area contributed by atoms with Gasteiger partial charge in [0, 0.05) is 44.3 Å². The van der Waals surface area contributed by atoms with E-state index in [0.717, 1.165) is 11.3 Å². The van der Waals surface area contributed by atoms with Crippen LogP contribution in [0.25, 0.3) is 6.08 Å². The van der Waals surface area contributed by atoms with Gasteiger partial charge >= 0.3 is 0 Å². The molecule has 0 saturated carbocycles. The zero-order chi connectivity index (χ0) is 20.0. The van der Waals surface area contributed by atoms with E-state index in [-0.39, 0.29) is 12.5 Å². The highest BCUT2D eigenvalue weighted by molar-refractivity contribution is 7.92. The molecule has 0 spiro atoms. The number of hydrogen-bond acceptors (Lipinski definition) is 4. The predicted molar refractivity (Wildman–Crippen MR) is 112 cm³/mol. The van der Waals surface area contributed by atoms with E-state index in [9.17, 15) is 13.2 Å². The van der Waals surface area contributed by atoms with E-state index in [1.807, 2.05) is 65.6 Å². The maximum atomic E-state index is 12.5. The Hall–Kier alpha value is -2.48. The summed E-state index contributed by atoms with van der Waals surface area (Å²) in [5.74, 6) is -0.00789. The summed E-state index contributed by atoms with van der Waals surface area (Å²) < 4.78 is 26.5. The molecule has 1 saturated heterocycles. The molecule has 1 aliphatic rings. The Balaban J connectivity index is 1.52. The second-order valence-electron chi connectivity index (χ2n) is 6.72. The minimum atomic E-state index is -3.46. The first-order chi connectivity index (χ1) is 13.5. The van der Waals surface area contributed by atoms with Gasteiger partial charge in [0.15, 0.2) is 0 Å². The van der Waals surface area contributed by atoms with Crippen LogP contribution in [0.15, 0.2) is 66.1 Å². The van der Waals surface area contributed by atoms with Crippen molar-refractivity contribution in [3.05, 3.63) is 71.6 Å². The molecule has 1 fully saturated rings. The highest BCUT2D eigenvalue weighted by Crippen LogP contribution is 2.14. The number of likely N-dealkylation sites (N-methyl/N-ethyl adjacent to an activating group) is 1. The minimum absolute atomic E-state index is 0.00789. The Morgan fingerprint density at radius 2 is 1.54 bits per heavy atom. The van der Waals surface area contributed by atoms with Gasteiger partial charge in [0.05, 0.1) is 6.54 Å². The molecule has 3 rings (SSSR count). The summed E-state index contributed by atoms with van der Waals surface area (Å²) in [5, 5.41) is 1.26. The van der Waals surface area contributed by atoms with E-state index < -0.39 is 10.0 Å². The Labute approximate surface area is 166 Å². The van der Waals surface area contributed by atoms with Crippen LogP contribution in [-0.4, -0.2) is 63.3 Å². The first-order valence-electron chi connectivity index (χ1n) is 9.23. The normalized spacial score (nSPS) is 16.3. The molecule has 0 bridgehead atoms. The lowest BCUT2D eigenvalue weighted by Crippen LogP contribution is -2.50. The Kier molecular flexibility index (Phi) is 6.61. The lowest BCUT2D eigenvalue weighted by atomic mass is 10.2.